The number of anilines is 1. The molecule has 2 aromatic rings. The quantitative estimate of drug-likeness (QED) is 0.422. The highest BCUT2D eigenvalue weighted by atomic mass is 16.1. The molecule has 0 radical (unpaired) electrons. The number of hydrogen-bond acceptors (Lipinski definition) is 2. The van der Waals surface area contributed by atoms with Gasteiger partial charge in [0, 0.05) is 12.2 Å². The van der Waals surface area contributed by atoms with Gasteiger partial charge in [0.2, 0.25) is 0 Å². The maximum Gasteiger partial charge on any atom is 0.142 e. The van der Waals surface area contributed by atoms with Crippen LogP contribution in [0.25, 0.3) is 6.08 Å². The van der Waals surface area contributed by atoms with E-state index in [0.717, 1.165) is 24.1 Å². The van der Waals surface area contributed by atoms with Gasteiger partial charge in [-0.05, 0) is 90.2 Å². The summed E-state index contributed by atoms with van der Waals surface area (Å²) in [6, 6.07) is 17.8. The maximum atomic E-state index is 10.6. The van der Waals surface area contributed by atoms with E-state index in [1.807, 2.05) is 12.1 Å². The summed E-state index contributed by atoms with van der Waals surface area (Å²) in [5, 5.41) is 3.70. The fourth-order valence-electron chi connectivity index (χ4n) is 5.38. The minimum absolute atomic E-state index is 0.413. The van der Waals surface area contributed by atoms with Crippen molar-refractivity contribution in [1.29, 1.82) is 0 Å². The molecule has 1 N–H and O–H groups in total. The van der Waals surface area contributed by atoms with Gasteiger partial charge in [-0.3, -0.25) is 4.79 Å². The molecule has 0 saturated heterocycles. The molecule has 3 saturated carbocycles. The van der Waals surface area contributed by atoms with E-state index in [9.17, 15) is 4.79 Å². The molecule has 0 aromatic heterocycles. The van der Waals surface area contributed by atoms with Gasteiger partial charge < -0.3 is 5.32 Å². The highest BCUT2D eigenvalue weighted by Gasteiger charge is 2.49. The lowest BCUT2D eigenvalue weighted by atomic mass is 9.52. The van der Waals surface area contributed by atoms with E-state index in [0.29, 0.717) is 16.7 Å². The molecule has 0 spiro atoms. The van der Waals surface area contributed by atoms with E-state index in [-0.39, 0.29) is 0 Å². The number of carbonyl (C=O) groups excluding carboxylic acids is 1. The monoisotopic (exact) mass is 387 g/mol. The summed E-state index contributed by atoms with van der Waals surface area (Å²) in [4.78, 5) is 10.6. The number of hydrogen-bond donors (Lipinski definition) is 1. The molecule has 0 amide bonds. The van der Waals surface area contributed by atoms with Crippen molar-refractivity contribution in [3.8, 4) is 0 Å². The fourth-order valence-corrected chi connectivity index (χ4v) is 5.38. The number of benzene rings is 2. The van der Waals surface area contributed by atoms with Crippen molar-refractivity contribution in [2.24, 2.45) is 5.41 Å². The van der Waals surface area contributed by atoms with Crippen molar-refractivity contribution < 1.29 is 4.79 Å². The first-order valence-corrected chi connectivity index (χ1v) is 11.1. The topological polar surface area (TPSA) is 29.1 Å². The van der Waals surface area contributed by atoms with E-state index in [1.54, 1.807) is 11.6 Å². The van der Waals surface area contributed by atoms with Gasteiger partial charge in [0.25, 0.3) is 0 Å². The molecule has 2 aromatic carbocycles. The van der Waals surface area contributed by atoms with Crippen LogP contribution in [0.3, 0.4) is 0 Å². The average molecular weight is 388 g/mol. The SMILES string of the molecule is CC(C)c1ccc(C23CCC(CNc4cccc(/C=C/C=O)c4)(CC2)CC3)cc1. The first-order chi connectivity index (χ1) is 14.0. The largest absolute Gasteiger partial charge is 0.384 e. The van der Waals surface area contributed by atoms with E-state index in [1.165, 1.54) is 44.1 Å². The molecule has 3 aliphatic rings. The van der Waals surface area contributed by atoms with Gasteiger partial charge in [-0.2, -0.15) is 0 Å². The Balaban J connectivity index is 1.40. The summed E-state index contributed by atoms with van der Waals surface area (Å²) in [7, 11) is 0. The Kier molecular flexibility index (Phi) is 5.63. The lowest BCUT2D eigenvalue weighted by molar-refractivity contribution is -0.104. The molecule has 0 heterocycles. The number of allylic oxidation sites excluding steroid dienone is 1. The first kappa shape index (κ1) is 19.9. The van der Waals surface area contributed by atoms with Crippen LogP contribution in [-0.2, 0) is 10.2 Å². The molecule has 29 heavy (non-hydrogen) atoms. The maximum absolute atomic E-state index is 10.6. The summed E-state index contributed by atoms with van der Waals surface area (Å²) in [6.07, 6.45) is 12.1. The van der Waals surface area contributed by atoms with Gasteiger partial charge in [0.05, 0.1) is 0 Å². The zero-order valence-corrected chi connectivity index (χ0v) is 17.8. The van der Waals surface area contributed by atoms with Gasteiger partial charge in [-0.15, -0.1) is 0 Å². The highest BCUT2D eigenvalue weighted by molar-refractivity contribution is 5.74. The molecule has 2 heteroatoms. The van der Waals surface area contributed by atoms with Gasteiger partial charge >= 0.3 is 0 Å². The van der Waals surface area contributed by atoms with Crippen LogP contribution >= 0.6 is 0 Å². The molecule has 3 fully saturated rings. The number of aldehydes is 1. The van der Waals surface area contributed by atoms with Crippen LogP contribution in [0.15, 0.2) is 54.6 Å². The Labute approximate surface area is 175 Å². The number of carbonyl (C=O) groups is 1. The number of nitrogens with one attached hydrogen (secondary N) is 1. The van der Waals surface area contributed by atoms with E-state index in [2.05, 4.69) is 61.6 Å². The predicted octanol–water partition coefficient (Wildman–Crippen LogP) is 6.73. The Morgan fingerprint density at radius 3 is 2.28 bits per heavy atom. The Morgan fingerprint density at radius 1 is 0.966 bits per heavy atom. The summed E-state index contributed by atoms with van der Waals surface area (Å²) in [5.41, 5.74) is 6.08. The normalized spacial score (nSPS) is 26.2. The Morgan fingerprint density at radius 2 is 1.66 bits per heavy atom. The van der Waals surface area contributed by atoms with Crippen LogP contribution < -0.4 is 5.32 Å². The smallest absolute Gasteiger partial charge is 0.142 e. The van der Waals surface area contributed by atoms with Crippen LogP contribution in [0, 0.1) is 5.41 Å². The standard InChI is InChI=1S/C27H33NO/c1-21(2)23-8-10-24(11-9-23)27-15-12-26(13-16-27,14-17-27)20-28-25-7-3-5-22(19-25)6-4-18-29/h3-11,18-19,21,28H,12-17,20H2,1-2H3/b6-4+. The predicted molar refractivity (Wildman–Crippen MR) is 122 cm³/mol. The third kappa shape index (κ3) is 4.17. The van der Waals surface area contributed by atoms with Crippen molar-refractivity contribution in [2.75, 3.05) is 11.9 Å². The second-order valence-electron chi connectivity index (χ2n) is 9.53. The van der Waals surface area contributed by atoms with Crippen LogP contribution in [0.1, 0.15) is 75.0 Å². The van der Waals surface area contributed by atoms with E-state index in [4.69, 9.17) is 0 Å². The minimum atomic E-state index is 0.413. The second-order valence-corrected chi connectivity index (χ2v) is 9.53. The molecular weight excluding hydrogens is 354 g/mol. The van der Waals surface area contributed by atoms with Crippen molar-refractivity contribution in [3.05, 3.63) is 71.3 Å². The van der Waals surface area contributed by atoms with Crippen molar-refractivity contribution in [3.63, 3.8) is 0 Å². The Bertz CT molecular complexity index is 853. The molecule has 2 bridgehead atoms. The summed E-state index contributed by atoms with van der Waals surface area (Å²) < 4.78 is 0. The summed E-state index contributed by atoms with van der Waals surface area (Å²) in [6.45, 7) is 5.59. The summed E-state index contributed by atoms with van der Waals surface area (Å²) >= 11 is 0. The molecule has 0 atom stereocenters. The second kappa shape index (κ2) is 8.18. The van der Waals surface area contributed by atoms with Gasteiger partial charge in [0.1, 0.15) is 6.29 Å². The van der Waals surface area contributed by atoms with Crippen molar-refractivity contribution in [1.82, 2.24) is 0 Å². The minimum Gasteiger partial charge on any atom is -0.384 e. The zero-order chi connectivity index (χ0) is 20.3. The first-order valence-electron chi connectivity index (χ1n) is 11.1. The van der Waals surface area contributed by atoms with Crippen LogP contribution in [-0.4, -0.2) is 12.8 Å². The van der Waals surface area contributed by atoms with Crippen LogP contribution in [0.4, 0.5) is 5.69 Å². The van der Waals surface area contributed by atoms with Crippen LogP contribution in [0.2, 0.25) is 0 Å². The zero-order valence-electron chi connectivity index (χ0n) is 17.8. The van der Waals surface area contributed by atoms with Crippen LogP contribution in [0.5, 0.6) is 0 Å². The number of rotatable bonds is 7. The lowest BCUT2D eigenvalue weighted by Crippen LogP contribution is -2.47. The lowest BCUT2D eigenvalue weighted by Gasteiger charge is -2.54. The van der Waals surface area contributed by atoms with Gasteiger partial charge in [0.15, 0.2) is 0 Å². The summed E-state index contributed by atoms with van der Waals surface area (Å²) in [5.74, 6) is 0.602. The van der Waals surface area contributed by atoms with E-state index >= 15 is 0 Å². The number of fused-ring (bicyclic) bond motifs is 3. The molecule has 152 valence electrons. The fraction of sp³-hybridized carbons (Fsp3) is 0.444. The third-order valence-corrected chi connectivity index (χ3v) is 7.51. The third-order valence-electron chi connectivity index (χ3n) is 7.51. The molecule has 0 aliphatic heterocycles. The highest BCUT2D eigenvalue weighted by Crippen LogP contribution is 2.57. The van der Waals surface area contributed by atoms with Gasteiger partial charge in [-0.25, -0.2) is 0 Å². The molecule has 0 unspecified atom stereocenters. The molecule has 2 nitrogen and oxygen atoms in total. The Hall–Kier alpha value is -2.35. The molecular formula is C27H33NO. The van der Waals surface area contributed by atoms with Crippen molar-refractivity contribution in [2.45, 2.75) is 63.7 Å². The van der Waals surface area contributed by atoms with E-state index < -0.39 is 0 Å². The molecule has 3 aliphatic carbocycles. The average Bonchev–Trinajstić information content (AvgIpc) is 2.78. The van der Waals surface area contributed by atoms with Crippen molar-refractivity contribution >= 4 is 18.0 Å². The molecule has 5 rings (SSSR count). The van der Waals surface area contributed by atoms with Gasteiger partial charge in [-0.1, -0.05) is 56.3 Å².